The number of nitrogens with one attached hydrogen (secondary N) is 2. The molecule has 3 aromatic carbocycles. The van der Waals surface area contributed by atoms with Gasteiger partial charge in [0.25, 0.3) is 5.91 Å². The SMILES string of the molecule is Nc1ccc(NC(=O)CC(=O)CN=Nc2cc(C(=O)Nc3ccc(Cl)cc3Cl)ccc2Cl)cc1. The minimum absolute atomic E-state index is 0.190. The Labute approximate surface area is 210 Å². The molecule has 0 aliphatic rings. The highest BCUT2D eigenvalue weighted by Crippen LogP contribution is 2.29. The van der Waals surface area contributed by atoms with Crippen LogP contribution in [0.25, 0.3) is 0 Å². The summed E-state index contributed by atoms with van der Waals surface area (Å²) in [5.74, 6) is -1.38. The fourth-order valence-corrected chi connectivity index (χ4v) is 3.32. The molecular formula is C23H18Cl3N5O3. The Morgan fingerprint density at radius 2 is 1.59 bits per heavy atom. The summed E-state index contributed by atoms with van der Waals surface area (Å²) in [6.07, 6.45) is -0.374. The summed E-state index contributed by atoms with van der Waals surface area (Å²) >= 11 is 18.1. The first-order valence-electron chi connectivity index (χ1n) is 9.82. The van der Waals surface area contributed by atoms with Gasteiger partial charge in [0.15, 0.2) is 5.78 Å². The molecule has 0 atom stereocenters. The molecule has 0 radical (unpaired) electrons. The number of halogens is 3. The molecule has 34 heavy (non-hydrogen) atoms. The number of hydrogen-bond donors (Lipinski definition) is 3. The first-order chi connectivity index (χ1) is 16.2. The molecule has 0 bridgehead atoms. The van der Waals surface area contributed by atoms with Crippen molar-refractivity contribution in [2.45, 2.75) is 6.42 Å². The van der Waals surface area contributed by atoms with E-state index in [1.165, 1.54) is 24.3 Å². The minimum atomic E-state index is -0.484. The molecule has 0 saturated carbocycles. The molecule has 0 unspecified atom stereocenters. The number of benzene rings is 3. The Hall–Kier alpha value is -3.46. The van der Waals surface area contributed by atoms with Gasteiger partial charge in [-0.25, -0.2) is 0 Å². The number of hydrogen-bond acceptors (Lipinski definition) is 6. The van der Waals surface area contributed by atoms with Crippen molar-refractivity contribution in [2.75, 3.05) is 22.9 Å². The van der Waals surface area contributed by atoms with E-state index in [-0.39, 0.29) is 34.3 Å². The number of carbonyl (C=O) groups is 3. The van der Waals surface area contributed by atoms with Gasteiger partial charge in [0.1, 0.15) is 12.2 Å². The quantitative estimate of drug-likeness (QED) is 0.187. The lowest BCUT2D eigenvalue weighted by Gasteiger charge is -2.08. The fraction of sp³-hybridized carbons (Fsp3) is 0.0870. The first kappa shape index (κ1) is 25.2. The Kier molecular flexibility index (Phi) is 8.59. The van der Waals surface area contributed by atoms with Gasteiger partial charge >= 0.3 is 0 Å². The Bertz CT molecular complexity index is 1260. The number of ketones is 1. The summed E-state index contributed by atoms with van der Waals surface area (Å²) in [5.41, 5.74) is 7.50. The zero-order chi connectivity index (χ0) is 24.7. The summed E-state index contributed by atoms with van der Waals surface area (Å²) in [7, 11) is 0. The van der Waals surface area contributed by atoms with E-state index in [1.54, 1.807) is 36.4 Å². The number of anilines is 3. The van der Waals surface area contributed by atoms with Gasteiger partial charge in [-0.1, -0.05) is 34.8 Å². The Morgan fingerprint density at radius 3 is 2.29 bits per heavy atom. The van der Waals surface area contributed by atoms with Crippen molar-refractivity contribution < 1.29 is 14.4 Å². The highest BCUT2D eigenvalue weighted by Gasteiger charge is 2.12. The van der Waals surface area contributed by atoms with Crippen LogP contribution in [0.1, 0.15) is 16.8 Å². The van der Waals surface area contributed by atoms with Crippen molar-refractivity contribution in [3.05, 3.63) is 81.3 Å². The van der Waals surface area contributed by atoms with Crippen LogP contribution in [0.2, 0.25) is 15.1 Å². The van der Waals surface area contributed by atoms with Gasteiger partial charge in [-0.15, -0.1) is 0 Å². The number of azo groups is 1. The fourth-order valence-electron chi connectivity index (χ4n) is 2.71. The topological polar surface area (TPSA) is 126 Å². The molecular weight excluding hydrogens is 501 g/mol. The van der Waals surface area contributed by atoms with Crippen LogP contribution in [-0.4, -0.2) is 24.1 Å². The van der Waals surface area contributed by atoms with E-state index in [1.807, 2.05) is 0 Å². The number of Topliss-reactive ketones (excluding diaryl/α,β-unsaturated/α-hetero) is 1. The molecule has 0 heterocycles. The number of rotatable bonds is 8. The third kappa shape index (κ3) is 7.28. The molecule has 0 aliphatic carbocycles. The summed E-state index contributed by atoms with van der Waals surface area (Å²) in [4.78, 5) is 36.6. The number of carbonyl (C=O) groups excluding carboxylic acids is 3. The minimum Gasteiger partial charge on any atom is -0.399 e. The number of nitrogens with zero attached hydrogens (tertiary/aromatic N) is 2. The molecule has 0 spiro atoms. The zero-order valence-corrected chi connectivity index (χ0v) is 19.8. The van der Waals surface area contributed by atoms with Crippen LogP contribution in [0.4, 0.5) is 22.7 Å². The van der Waals surface area contributed by atoms with Crippen molar-refractivity contribution >= 4 is 75.1 Å². The van der Waals surface area contributed by atoms with Crippen molar-refractivity contribution in [2.24, 2.45) is 10.2 Å². The third-order valence-electron chi connectivity index (χ3n) is 4.37. The van der Waals surface area contributed by atoms with Gasteiger partial charge in [-0.2, -0.15) is 10.2 Å². The van der Waals surface area contributed by atoms with Gasteiger partial charge in [-0.3, -0.25) is 14.4 Å². The maximum Gasteiger partial charge on any atom is 0.255 e. The smallest absolute Gasteiger partial charge is 0.255 e. The number of amides is 2. The first-order valence-corrected chi connectivity index (χ1v) is 10.9. The predicted octanol–water partition coefficient (Wildman–Crippen LogP) is 6.16. The van der Waals surface area contributed by atoms with Crippen LogP contribution < -0.4 is 16.4 Å². The second kappa shape index (κ2) is 11.6. The van der Waals surface area contributed by atoms with Crippen molar-refractivity contribution in [3.8, 4) is 0 Å². The van der Waals surface area contributed by atoms with E-state index in [0.29, 0.717) is 22.1 Å². The maximum atomic E-state index is 12.6. The van der Waals surface area contributed by atoms with Crippen molar-refractivity contribution in [1.82, 2.24) is 0 Å². The normalized spacial score (nSPS) is 10.8. The molecule has 4 N–H and O–H groups in total. The summed E-state index contributed by atoms with van der Waals surface area (Å²) < 4.78 is 0. The molecule has 3 aromatic rings. The molecule has 8 nitrogen and oxygen atoms in total. The summed E-state index contributed by atoms with van der Waals surface area (Å²) in [5, 5.41) is 14.0. The Balaban J connectivity index is 1.58. The second-order valence-corrected chi connectivity index (χ2v) is 8.28. The molecule has 11 heteroatoms. The van der Waals surface area contributed by atoms with E-state index in [2.05, 4.69) is 20.9 Å². The Morgan fingerprint density at radius 1 is 0.853 bits per heavy atom. The van der Waals surface area contributed by atoms with E-state index in [0.717, 1.165) is 0 Å². The molecule has 0 aliphatic heterocycles. The average Bonchev–Trinajstić information content (AvgIpc) is 2.78. The number of nitrogen functional groups attached to an aromatic ring is 1. The summed E-state index contributed by atoms with van der Waals surface area (Å²) in [6.45, 7) is -0.331. The molecule has 0 fully saturated rings. The van der Waals surface area contributed by atoms with Gasteiger partial charge in [0.05, 0.1) is 22.2 Å². The van der Waals surface area contributed by atoms with Gasteiger partial charge < -0.3 is 16.4 Å². The highest BCUT2D eigenvalue weighted by molar-refractivity contribution is 6.37. The van der Waals surface area contributed by atoms with Crippen molar-refractivity contribution in [1.29, 1.82) is 0 Å². The third-order valence-corrected chi connectivity index (χ3v) is 5.23. The van der Waals surface area contributed by atoms with Crippen LogP contribution in [0, 0.1) is 0 Å². The second-order valence-electron chi connectivity index (χ2n) is 7.03. The monoisotopic (exact) mass is 517 g/mol. The molecule has 0 aromatic heterocycles. The van der Waals surface area contributed by atoms with Crippen LogP contribution in [-0.2, 0) is 9.59 Å². The summed E-state index contributed by atoms with van der Waals surface area (Å²) in [6, 6.07) is 15.6. The zero-order valence-electron chi connectivity index (χ0n) is 17.5. The molecule has 0 saturated heterocycles. The molecule has 3 rings (SSSR count). The molecule has 174 valence electrons. The van der Waals surface area contributed by atoms with Gasteiger partial charge in [0.2, 0.25) is 5.91 Å². The predicted molar refractivity (Wildman–Crippen MR) is 134 cm³/mol. The van der Waals surface area contributed by atoms with Crippen LogP contribution in [0.5, 0.6) is 0 Å². The average molecular weight is 519 g/mol. The number of nitrogens with two attached hydrogens (primary N) is 1. The lowest BCUT2D eigenvalue weighted by molar-refractivity contribution is -0.124. The van der Waals surface area contributed by atoms with E-state index in [4.69, 9.17) is 40.5 Å². The molecule has 2 amide bonds. The lowest BCUT2D eigenvalue weighted by atomic mass is 10.2. The highest BCUT2D eigenvalue weighted by atomic mass is 35.5. The van der Waals surface area contributed by atoms with E-state index in [9.17, 15) is 14.4 Å². The standard InChI is InChI=1S/C23H18Cl3N5O3/c24-14-2-8-20(19(26)10-14)30-23(34)13-1-7-18(25)21(9-13)31-28-12-17(32)11-22(33)29-16-5-3-15(27)4-6-16/h1-10H,11-12,27H2,(H,29,33)(H,30,34). The maximum absolute atomic E-state index is 12.6. The van der Waals surface area contributed by atoms with Crippen molar-refractivity contribution in [3.63, 3.8) is 0 Å². The van der Waals surface area contributed by atoms with Crippen LogP contribution >= 0.6 is 34.8 Å². The lowest BCUT2D eigenvalue weighted by Crippen LogP contribution is -2.17. The van der Waals surface area contributed by atoms with Gasteiger partial charge in [-0.05, 0) is 60.7 Å². The van der Waals surface area contributed by atoms with E-state index >= 15 is 0 Å². The largest absolute Gasteiger partial charge is 0.399 e. The van der Waals surface area contributed by atoms with Gasteiger partial charge in [0, 0.05) is 22.0 Å². The van der Waals surface area contributed by atoms with Crippen LogP contribution in [0.3, 0.4) is 0 Å². The van der Waals surface area contributed by atoms with Crippen LogP contribution in [0.15, 0.2) is 70.9 Å². The van der Waals surface area contributed by atoms with E-state index < -0.39 is 17.6 Å².